The molecule has 1 saturated heterocycles. The highest BCUT2D eigenvalue weighted by atomic mass is 32.2. The Morgan fingerprint density at radius 3 is 2.73 bits per heavy atom. The van der Waals surface area contributed by atoms with Crippen LogP contribution in [0.5, 0.6) is 0 Å². The molecule has 0 amide bonds. The van der Waals surface area contributed by atoms with Gasteiger partial charge in [-0.3, -0.25) is 9.38 Å². The molecule has 2 aliphatic rings. The van der Waals surface area contributed by atoms with Crippen LogP contribution in [-0.2, 0) is 12.8 Å². The average molecular weight is 458 g/mol. The monoisotopic (exact) mass is 458 g/mol. The molecule has 6 nitrogen and oxygen atoms in total. The summed E-state index contributed by atoms with van der Waals surface area (Å²) in [6.45, 7) is 3.69. The Morgan fingerprint density at radius 2 is 1.91 bits per heavy atom. The number of nitrogens with zero attached hydrogens (tertiary/aromatic N) is 6. The van der Waals surface area contributed by atoms with Gasteiger partial charge in [0.15, 0.2) is 13.5 Å². The second-order valence-corrected chi connectivity index (χ2v) is 10.3. The Labute approximate surface area is 197 Å². The van der Waals surface area contributed by atoms with Crippen molar-refractivity contribution in [3.8, 4) is 0 Å². The van der Waals surface area contributed by atoms with E-state index >= 15 is 0 Å². The van der Waals surface area contributed by atoms with E-state index in [9.17, 15) is 4.39 Å². The molecule has 6 rings (SSSR count). The van der Waals surface area contributed by atoms with Gasteiger partial charge >= 0.3 is 0 Å². The third kappa shape index (κ3) is 3.49. The molecule has 9 heteroatoms. The minimum absolute atomic E-state index is 0.328. The highest BCUT2D eigenvalue weighted by Crippen LogP contribution is 2.44. The van der Waals surface area contributed by atoms with Crippen LogP contribution >= 0.6 is 11.8 Å². The summed E-state index contributed by atoms with van der Waals surface area (Å²) in [5, 5.41) is 0. The molecule has 0 bridgehead atoms. The zero-order chi connectivity index (χ0) is 22.6. The lowest BCUT2D eigenvalue weighted by molar-refractivity contribution is 0.230. The van der Waals surface area contributed by atoms with Crippen molar-refractivity contribution in [1.29, 1.82) is 0 Å². The van der Waals surface area contributed by atoms with Gasteiger partial charge in [0.1, 0.15) is 0 Å². The number of fused-ring (bicyclic) bond motifs is 2. The number of anilines is 1. The van der Waals surface area contributed by atoms with Gasteiger partial charge in [0, 0.05) is 59.6 Å². The molecular formula is C24H24BFN6S. The minimum Gasteiger partial charge on any atom is -0.342 e. The maximum atomic E-state index is 14.0. The van der Waals surface area contributed by atoms with Crippen molar-refractivity contribution < 1.29 is 4.39 Å². The fourth-order valence-corrected chi connectivity index (χ4v) is 6.28. The molecule has 0 N–H and O–H groups in total. The number of hydrogen-bond donors (Lipinski definition) is 0. The minimum atomic E-state index is -0.437. The van der Waals surface area contributed by atoms with Gasteiger partial charge in [-0.15, -0.1) is 0 Å². The van der Waals surface area contributed by atoms with E-state index in [-0.39, 0.29) is 0 Å². The zero-order valence-corrected chi connectivity index (χ0v) is 19.6. The molecule has 1 fully saturated rings. The van der Waals surface area contributed by atoms with Gasteiger partial charge in [-0.2, -0.15) is 4.39 Å². The molecule has 1 aliphatic heterocycles. The molecule has 4 aromatic rings. The van der Waals surface area contributed by atoms with E-state index in [0.717, 1.165) is 65.8 Å². The Morgan fingerprint density at radius 1 is 1.06 bits per heavy atom. The number of rotatable bonds is 3. The summed E-state index contributed by atoms with van der Waals surface area (Å²) in [4.78, 5) is 22.2. The van der Waals surface area contributed by atoms with Gasteiger partial charge < -0.3 is 4.90 Å². The number of imidazole rings is 1. The molecule has 0 saturated carbocycles. The van der Waals surface area contributed by atoms with Crippen LogP contribution in [0.4, 0.5) is 10.3 Å². The summed E-state index contributed by atoms with van der Waals surface area (Å²) in [5.41, 5.74) is 5.33. The molecule has 4 aromatic heterocycles. The maximum Gasteiger partial charge on any atom is 0.216 e. The lowest BCUT2D eigenvalue weighted by atomic mass is 9.76. The molecule has 0 radical (unpaired) electrons. The summed E-state index contributed by atoms with van der Waals surface area (Å²) in [6, 6.07) is 6.13. The van der Waals surface area contributed by atoms with Crippen molar-refractivity contribution in [1.82, 2.24) is 24.3 Å². The first-order valence-corrected chi connectivity index (χ1v) is 12.1. The molecule has 5 heterocycles. The predicted octanol–water partition coefficient (Wildman–Crippen LogP) is 2.76. The Bertz CT molecular complexity index is 1340. The van der Waals surface area contributed by atoms with Crippen LogP contribution in [-0.4, -0.2) is 45.3 Å². The standard InChI is InChI=1S/C24H24BFN6S/c1-15-18(4-8-28-21(15)26)33-19-20(25)30-23(32-12-9-29-22(19)32)31-10-5-24(6-11-31)13-16-3-2-7-27-17(16)14-24/h2-4,7-9,12H,5-6,10-11,13-14,25H2,1H3. The second kappa shape index (κ2) is 7.83. The quantitative estimate of drug-likeness (QED) is 0.348. The fourth-order valence-electron chi connectivity index (χ4n) is 5.25. The highest BCUT2D eigenvalue weighted by Gasteiger charge is 2.41. The van der Waals surface area contributed by atoms with E-state index in [2.05, 4.69) is 36.4 Å². The Kier molecular flexibility index (Phi) is 4.90. The maximum absolute atomic E-state index is 14.0. The molecule has 166 valence electrons. The van der Waals surface area contributed by atoms with Crippen molar-refractivity contribution in [2.24, 2.45) is 5.41 Å². The third-order valence-corrected chi connectivity index (χ3v) is 8.50. The first-order chi connectivity index (χ1) is 16.0. The van der Waals surface area contributed by atoms with Gasteiger partial charge in [-0.05, 0) is 55.7 Å². The number of hydrogen-bond acceptors (Lipinski definition) is 6. The predicted molar refractivity (Wildman–Crippen MR) is 130 cm³/mol. The topological polar surface area (TPSA) is 59.2 Å². The van der Waals surface area contributed by atoms with Crippen LogP contribution in [0.25, 0.3) is 5.65 Å². The van der Waals surface area contributed by atoms with Crippen LogP contribution in [0.1, 0.15) is 29.7 Å². The van der Waals surface area contributed by atoms with Gasteiger partial charge in [0.25, 0.3) is 0 Å². The van der Waals surface area contributed by atoms with E-state index in [0.29, 0.717) is 11.0 Å². The van der Waals surface area contributed by atoms with E-state index in [1.54, 1.807) is 6.92 Å². The first-order valence-electron chi connectivity index (χ1n) is 11.3. The lowest BCUT2D eigenvalue weighted by Gasteiger charge is -2.40. The fraction of sp³-hybridized carbons (Fsp3) is 0.333. The molecular weight excluding hydrogens is 434 g/mol. The van der Waals surface area contributed by atoms with Crippen LogP contribution in [0, 0.1) is 18.3 Å². The summed E-state index contributed by atoms with van der Waals surface area (Å²) < 4.78 is 16.1. The van der Waals surface area contributed by atoms with Gasteiger partial charge in [0.05, 0.1) is 4.90 Å². The normalized spacial score (nSPS) is 17.1. The largest absolute Gasteiger partial charge is 0.342 e. The average Bonchev–Trinajstić information content (AvgIpc) is 3.44. The van der Waals surface area contributed by atoms with E-state index < -0.39 is 5.95 Å². The Hall–Kier alpha value is -2.94. The molecule has 0 atom stereocenters. The van der Waals surface area contributed by atoms with Gasteiger partial charge in [0.2, 0.25) is 11.9 Å². The molecule has 1 aliphatic carbocycles. The van der Waals surface area contributed by atoms with Gasteiger partial charge in [-0.1, -0.05) is 17.8 Å². The highest BCUT2D eigenvalue weighted by molar-refractivity contribution is 7.99. The number of piperidine rings is 1. The number of halogens is 1. The second-order valence-electron chi connectivity index (χ2n) is 9.22. The molecule has 33 heavy (non-hydrogen) atoms. The molecule has 1 spiro atoms. The van der Waals surface area contributed by atoms with Crippen molar-refractivity contribution in [2.75, 3.05) is 18.0 Å². The molecule has 0 unspecified atom stereocenters. The van der Waals surface area contributed by atoms with Crippen LogP contribution < -0.4 is 10.5 Å². The summed E-state index contributed by atoms with van der Waals surface area (Å²) in [6.07, 6.45) is 11.7. The van der Waals surface area contributed by atoms with Crippen molar-refractivity contribution in [3.05, 3.63) is 65.8 Å². The van der Waals surface area contributed by atoms with Crippen molar-refractivity contribution in [2.45, 2.75) is 42.4 Å². The van der Waals surface area contributed by atoms with Crippen LogP contribution in [0.3, 0.4) is 0 Å². The van der Waals surface area contributed by atoms with Crippen molar-refractivity contribution in [3.63, 3.8) is 0 Å². The molecule has 0 aromatic carbocycles. The number of aromatic nitrogens is 5. The summed E-state index contributed by atoms with van der Waals surface area (Å²) in [5.74, 6) is 0.499. The Balaban J connectivity index is 1.28. The summed E-state index contributed by atoms with van der Waals surface area (Å²) >= 11 is 1.50. The zero-order valence-electron chi connectivity index (χ0n) is 18.8. The van der Waals surface area contributed by atoms with E-state index in [1.165, 1.54) is 29.2 Å². The van der Waals surface area contributed by atoms with E-state index in [1.807, 2.05) is 32.5 Å². The summed E-state index contributed by atoms with van der Waals surface area (Å²) in [7, 11) is 2.01. The van der Waals surface area contributed by atoms with Crippen molar-refractivity contribution >= 4 is 36.8 Å². The van der Waals surface area contributed by atoms with E-state index in [4.69, 9.17) is 4.98 Å². The third-order valence-electron chi connectivity index (χ3n) is 7.16. The number of pyridine rings is 2. The first kappa shape index (κ1) is 20.7. The SMILES string of the molecule is Bc1nc(N2CCC3(CC2)Cc2cccnc2C3)n2ccnc2c1Sc1ccnc(F)c1C. The lowest BCUT2D eigenvalue weighted by Crippen LogP contribution is -2.42. The van der Waals surface area contributed by atoms with Crippen LogP contribution in [0.2, 0.25) is 0 Å². The smallest absolute Gasteiger partial charge is 0.216 e. The van der Waals surface area contributed by atoms with Gasteiger partial charge in [-0.25, -0.2) is 15.0 Å². The van der Waals surface area contributed by atoms with Crippen LogP contribution in [0.15, 0.2) is 52.8 Å².